The third-order valence-corrected chi connectivity index (χ3v) is 5.17. The molecule has 0 aliphatic heterocycles. The molecule has 0 aliphatic carbocycles. The lowest BCUT2D eigenvalue weighted by molar-refractivity contribution is 0.256. The summed E-state index contributed by atoms with van der Waals surface area (Å²) in [5.41, 5.74) is 3.95. The van der Waals surface area contributed by atoms with Crippen LogP contribution in [0.4, 0.5) is 16.2 Å². The van der Waals surface area contributed by atoms with E-state index in [1.165, 1.54) is 0 Å². The lowest BCUT2D eigenvalue weighted by Gasteiger charge is -2.23. The Hall–Kier alpha value is -3.57. The summed E-state index contributed by atoms with van der Waals surface area (Å²) in [7, 11) is 0. The van der Waals surface area contributed by atoms with E-state index in [2.05, 4.69) is 10.4 Å². The van der Waals surface area contributed by atoms with Crippen molar-refractivity contribution in [3.8, 4) is 5.69 Å². The van der Waals surface area contributed by atoms with Gasteiger partial charge in [0.1, 0.15) is 5.15 Å². The number of hydrogen-bond donors (Lipinski definition) is 1. The Morgan fingerprint density at radius 3 is 2.13 bits per heavy atom. The number of aryl methyl sites for hydroxylation is 1. The van der Waals surface area contributed by atoms with Gasteiger partial charge in [0.2, 0.25) is 0 Å². The summed E-state index contributed by atoms with van der Waals surface area (Å²) in [6.45, 7) is 2.19. The normalized spacial score (nSPS) is 10.6. The highest BCUT2D eigenvalue weighted by Crippen LogP contribution is 2.27. The molecule has 0 bridgehead atoms. The summed E-state index contributed by atoms with van der Waals surface area (Å²) >= 11 is 6.70. The van der Waals surface area contributed by atoms with Crippen LogP contribution in [0.5, 0.6) is 0 Å². The first-order chi connectivity index (χ1) is 14.6. The number of halogens is 1. The molecule has 0 saturated heterocycles. The van der Waals surface area contributed by atoms with Crippen molar-refractivity contribution >= 4 is 29.0 Å². The Balaban J connectivity index is 1.67. The Kier molecular flexibility index (Phi) is 5.82. The lowest BCUT2D eigenvalue weighted by Crippen LogP contribution is -2.34. The van der Waals surface area contributed by atoms with Gasteiger partial charge in [-0.1, -0.05) is 66.2 Å². The van der Waals surface area contributed by atoms with Crippen LogP contribution in [0.2, 0.25) is 5.15 Å². The summed E-state index contributed by atoms with van der Waals surface area (Å²) in [5, 5.41) is 8.04. The first kappa shape index (κ1) is 19.7. The Morgan fingerprint density at radius 2 is 1.50 bits per heavy atom. The quantitative estimate of drug-likeness (QED) is 0.429. The van der Waals surface area contributed by atoms with Crippen LogP contribution >= 0.6 is 11.6 Å². The minimum absolute atomic E-state index is 0.240. The molecule has 4 aromatic rings. The van der Waals surface area contributed by atoms with E-state index in [1.807, 2.05) is 97.9 Å². The molecule has 0 atom stereocenters. The van der Waals surface area contributed by atoms with E-state index < -0.39 is 0 Å². The van der Waals surface area contributed by atoms with Gasteiger partial charge in [-0.3, -0.25) is 4.90 Å². The predicted octanol–water partition coefficient (Wildman–Crippen LogP) is 6.07. The van der Waals surface area contributed by atoms with Crippen molar-refractivity contribution in [2.45, 2.75) is 13.5 Å². The average Bonchev–Trinajstić information content (AvgIpc) is 3.07. The minimum atomic E-state index is -0.240. The molecule has 4 rings (SSSR count). The Bertz CT molecular complexity index is 1130. The Labute approximate surface area is 180 Å². The van der Waals surface area contributed by atoms with Gasteiger partial charge in [-0.15, -0.1) is 0 Å². The lowest BCUT2D eigenvalue weighted by atomic mass is 10.2. The fourth-order valence-electron chi connectivity index (χ4n) is 3.21. The van der Waals surface area contributed by atoms with Crippen LogP contribution in [0.3, 0.4) is 0 Å². The third-order valence-electron chi connectivity index (χ3n) is 4.78. The number of nitrogens with one attached hydrogen (secondary N) is 1. The molecule has 0 spiro atoms. The molecule has 3 aromatic carbocycles. The van der Waals surface area contributed by atoms with Crippen LogP contribution in [0.1, 0.15) is 11.3 Å². The van der Waals surface area contributed by atoms with Crippen molar-refractivity contribution in [1.82, 2.24) is 9.78 Å². The zero-order valence-electron chi connectivity index (χ0n) is 16.5. The standard InChI is InChI=1S/C24H21ClN4O/c1-18-22(23(25)29(27-18)21-15-9-4-10-16-21)17-28(20-13-7-3-8-14-20)24(30)26-19-11-5-2-6-12-19/h2-16H,17H2,1H3,(H,26,30). The SMILES string of the molecule is Cc1nn(-c2ccccc2)c(Cl)c1CN(C(=O)Nc1ccccc1)c1ccccc1. The van der Waals surface area contributed by atoms with Gasteiger partial charge in [0, 0.05) is 16.9 Å². The molecule has 0 unspecified atom stereocenters. The molecule has 0 fully saturated rings. The van der Waals surface area contributed by atoms with Crippen molar-refractivity contribution < 1.29 is 4.79 Å². The summed E-state index contributed by atoms with van der Waals surface area (Å²) in [6, 6.07) is 28.4. The van der Waals surface area contributed by atoms with Crippen LogP contribution in [0.25, 0.3) is 5.69 Å². The maximum atomic E-state index is 13.2. The second-order valence-corrected chi connectivity index (χ2v) is 7.18. The van der Waals surface area contributed by atoms with Gasteiger partial charge in [0.15, 0.2) is 0 Å². The van der Waals surface area contributed by atoms with E-state index in [-0.39, 0.29) is 6.03 Å². The van der Waals surface area contributed by atoms with E-state index in [4.69, 9.17) is 11.6 Å². The summed E-state index contributed by atoms with van der Waals surface area (Å²) < 4.78 is 1.70. The first-order valence-electron chi connectivity index (χ1n) is 9.61. The molecule has 1 N–H and O–H groups in total. The van der Waals surface area contributed by atoms with Crippen LogP contribution in [-0.2, 0) is 6.54 Å². The first-order valence-corrected chi connectivity index (χ1v) is 9.99. The van der Waals surface area contributed by atoms with E-state index >= 15 is 0 Å². The summed E-state index contributed by atoms with van der Waals surface area (Å²) in [5.74, 6) is 0. The van der Waals surface area contributed by atoms with Gasteiger partial charge in [0.05, 0.1) is 17.9 Å². The van der Waals surface area contributed by atoms with Gasteiger partial charge in [-0.05, 0) is 43.3 Å². The third kappa shape index (κ3) is 4.21. The van der Waals surface area contributed by atoms with Crippen LogP contribution in [0.15, 0.2) is 91.0 Å². The molecule has 5 nitrogen and oxygen atoms in total. The van der Waals surface area contributed by atoms with Crippen molar-refractivity contribution in [3.63, 3.8) is 0 Å². The highest BCUT2D eigenvalue weighted by atomic mass is 35.5. The molecule has 150 valence electrons. The van der Waals surface area contributed by atoms with Crippen LogP contribution in [-0.4, -0.2) is 15.8 Å². The van der Waals surface area contributed by atoms with Crippen molar-refractivity contribution in [2.75, 3.05) is 10.2 Å². The number of carbonyl (C=O) groups excluding carboxylic acids is 1. The summed E-state index contributed by atoms with van der Waals surface area (Å²) in [4.78, 5) is 14.8. The largest absolute Gasteiger partial charge is 0.326 e. The van der Waals surface area contributed by atoms with Crippen LogP contribution in [0, 0.1) is 6.92 Å². The average molecular weight is 417 g/mol. The maximum Gasteiger partial charge on any atom is 0.326 e. The second-order valence-electron chi connectivity index (χ2n) is 6.82. The molecular weight excluding hydrogens is 396 g/mol. The minimum Gasteiger partial charge on any atom is -0.308 e. The fourth-order valence-corrected chi connectivity index (χ4v) is 3.54. The topological polar surface area (TPSA) is 50.2 Å². The molecule has 0 saturated carbocycles. The number of aromatic nitrogens is 2. The predicted molar refractivity (Wildman–Crippen MR) is 121 cm³/mol. The maximum absolute atomic E-state index is 13.2. The van der Waals surface area contributed by atoms with Crippen molar-refractivity contribution in [2.24, 2.45) is 0 Å². The highest BCUT2D eigenvalue weighted by molar-refractivity contribution is 6.30. The molecule has 6 heteroatoms. The number of nitrogens with zero attached hydrogens (tertiary/aromatic N) is 3. The molecule has 2 amide bonds. The van der Waals surface area contributed by atoms with Gasteiger partial charge in [-0.25, -0.2) is 9.48 Å². The monoisotopic (exact) mass is 416 g/mol. The molecule has 1 aromatic heterocycles. The number of carbonyl (C=O) groups is 1. The smallest absolute Gasteiger partial charge is 0.308 e. The fraction of sp³-hybridized carbons (Fsp3) is 0.0833. The van der Waals surface area contributed by atoms with E-state index in [9.17, 15) is 4.79 Å². The molecule has 30 heavy (non-hydrogen) atoms. The number of urea groups is 1. The summed E-state index contributed by atoms with van der Waals surface area (Å²) in [6.07, 6.45) is 0. The van der Waals surface area contributed by atoms with Gasteiger partial charge >= 0.3 is 6.03 Å². The zero-order valence-corrected chi connectivity index (χ0v) is 17.3. The zero-order chi connectivity index (χ0) is 20.9. The molecule has 0 aliphatic rings. The van der Waals surface area contributed by atoms with E-state index in [1.54, 1.807) is 9.58 Å². The van der Waals surface area contributed by atoms with E-state index in [0.717, 1.165) is 28.3 Å². The number of rotatable bonds is 5. The number of anilines is 2. The second kappa shape index (κ2) is 8.84. The molecule has 1 heterocycles. The molecule has 0 radical (unpaired) electrons. The van der Waals surface area contributed by atoms with Gasteiger partial charge in [-0.2, -0.15) is 5.10 Å². The number of para-hydroxylation sites is 3. The number of benzene rings is 3. The highest BCUT2D eigenvalue weighted by Gasteiger charge is 2.22. The van der Waals surface area contributed by atoms with Crippen molar-refractivity contribution in [1.29, 1.82) is 0 Å². The van der Waals surface area contributed by atoms with Gasteiger partial charge in [0.25, 0.3) is 0 Å². The van der Waals surface area contributed by atoms with Crippen molar-refractivity contribution in [3.05, 3.63) is 107 Å². The number of amides is 2. The van der Waals surface area contributed by atoms with E-state index in [0.29, 0.717) is 11.7 Å². The van der Waals surface area contributed by atoms with Gasteiger partial charge < -0.3 is 5.32 Å². The number of hydrogen-bond acceptors (Lipinski definition) is 2. The van der Waals surface area contributed by atoms with Crippen LogP contribution < -0.4 is 10.2 Å². The Morgan fingerprint density at radius 1 is 0.933 bits per heavy atom. The molecular formula is C24H21ClN4O.